The maximum atomic E-state index is 12.3. The van der Waals surface area contributed by atoms with E-state index in [1.807, 2.05) is 27.7 Å². The number of hydrogen-bond acceptors (Lipinski definition) is 5. The third-order valence-corrected chi connectivity index (χ3v) is 6.30. The molecule has 2 N–H and O–H groups in total. The van der Waals surface area contributed by atoms with E-state index in [0.29, 0.717) is 6.54 Å². The van der Waals surface area contributed by atoms with Gasteiger partial charge >= 0.3 is 15.5 Å². The molecule has 0 aromatic heterocycles. The maximum Gasteiger partial charge on any atom is 0.516 e. The second kappa shape index (κ2) is 8.76. The Bertz CT molecular complexity index is 813. The summed E-state index contributed by atoms with van der Waals surface area (Å²) >= 11 is 0. The van der Waals surface area contributed by atoms with E-state index < -0.39 is 31.2 Å². The molecule has 0 unspecified atom stereocenters. The molecule has 0 aliphatic heterocycles. The van der Waals surface area contributed by atoms with Crippen molar-refractivity contribution in [2.24, 2.45) is 0 Å². The van der Waals surface area contributed by atoms with Gasteiger partial charge in [0.1, 0.15) is 0 Å². The zero-order chi connectivity index (χ0) is 21.0. The molecule has 0 saturated carbocycles. The van der Waals surface area contributed by atoms with Gasteiger partial charge in [0.15, 0.2) is 0 Å². The van der Waals surface area contributed by atoms with Crippen LogP contribution in [0.15, 0.2) is 29.2 Å². The lowest BCUT2D eigenvalue weighted by Gasteiger charge is -2.30. The van der Waals surface area contributed by atoms with E-state index in [4.69, 9.17) is 0 Å². The summed E-state index contributed by atoms with van der Waals surface area (Å²) in [6.45, 7) is 8.62. The van der Waals surface area contributed by atoms with Crippen molar-refractivity contribution in [1.29, 1.82) is 0 Å². The van der Waals surface area contributed by atoms with Crippen LogP contribution in [0.5, 0.6) is 0 Å². The molecule has 0 saturated heterocycles. The number of nitrogens with one attached hydrogen (secondary N) is 2. The zero-order valence-corrected chi connectivity index (χ0v) is 17.0. The highest BCUT2D eigenvalue weighted by molar-refractivity contribution is 7.93. The second-order valence-electron chi connectivity index (χ2n) is 6.40. The summed E-state index contributed by atoms with van der Waals surface area (Å²) in [7, 11) is -9.43. The lowest BCUT2D eigenvalue weighted by atomic mass is 10.2. The Morgan fingerprint density at radius 1 is 0.963 bits per heavy atom. The summed E-state index contributed by atoms with van der Waals surface area (Å²) in [5.74, 6) is 0. The van der Waals surface area contributed by atoms with E-state index >= 15 is 0 Å². The number of halogens is 3. The lowest BCUT2D eigenvalue weighted by Crippen LogP contribution is -2.42. The molecule has 0 atom stereocenters. The minimum absolute atomic E-state index is 0.154. The molecule has 0 amide bonds. The quantitative estimate of drug-likeness (QED) is 0.626. The Morgan fingerprint density at radius 3 is 1.85 bits per heavy atom. The molecule has 7 nitrogen and oxygen atoms in total. The van der Waals surface area contributed by atoms with Crippen LogP contribution in [-0.4, -0.2) is 52.4 Å². The van der Waals surface area contributed by atoms with Crippen molar-refractivity contribution in [2.45, 2.75) is 50.2 Å². The van der Waals surface area contributed by atoms with Crippen LogP contribution in [0.1, 0.15) is 27.7 Å². The van der Waals surface area contributed by atoms with E-state index in [2.05, 4.69) is 9.62 Å². The van der Waals surface area contributed by atoms with Gasteiger partial charge in [-0.05, 0) is 52.0 Å². The minimum atomic E-state index is -5.56. The topological polar surface area (TPSA) is 95.6 Å². The summed E-state index contributed by atoms with van der Waals surface area (Å²) in [5.41, 5.74) is -5.85. The molecule has 0 fully saturated rings. The van der Waals surface area contributed by atoms with E-state index in [-0.39, 0.29) is 23.5 Å². The molecule has 1 aromatic carbocycles. The molecule has 0 radical (unpaired) electrons. The number of anilines is 1. The van der Waals surface area contributed by atoms with Crippen molar-refractivity contribution in [3.8, 4) is 0 Å². The van der Waals surface area contributed by atoms with Crippen molar-refractivity contribution in [1.82, 2.24) is 9.62 Å². The molecule has 1 rings (SSSR count). The zero-order valence-electron chi connectivity index (χ0n) is 15.4. The third-order valence-electron chi connectivity index (χ3n) is 3.71. The van der Waals surface area contributed by atoms with Crippen molar-refractivity contribution < 1.29 is 30.0 Å². The second-order valence-corrected chi connectivity index (χ2v) is 9.84. The van der Waals surface area contributed by atoms with Gasteiger partial charge in [-0.3, -0.25) is 9.62 Å². The van der Waals surface area contributed by atoms with Crippen LogP contribution in [0, 0.1) is 0 Å². The van der Waals surface area contributed by atoms with Crippen LogP contribution in [-0.2, 0) is 20.0 Å². The molecular formula is C15H24F3N3O4S2. The Hall–Kier alpha value is -1.37. The van der Waals surface area contributed by atoms with Crippen LogP contribution in [0.25, 0.3) is 0 Å². The van der Waals surface area contributed by atoms with E-state index in [9.17, 15) is 30.0 Å². The van der Waals surface area contributed by atoms with Crippen molar-refractivity contribution in [3.63, 3.8) is 0 Å². The van der Waals surface area contributed by atoms with Gasteiger partial charge in [-0.2, -0.15) is 21.6 Å². The lowest BCUT2D eigenvalue weighted by molar-refractivity contribution is -0.0429. The Balaban J connectivity index is 2.79. The Kier molecular flexibility index (Phi) is 7.68. The number of alkyl halides is 3. The summed E-state index contributed by atoms with van der Waals surface area (Å²) in [6, 6.07) is 4.42. The van der Waals surface area contributed by atoms with Gasteiger partial charge in [0.2, 0.25) is 10.0 Å². The minimum Gasteiger partial charge on any atom is -0.297 e. The fourth-order valence-corrected chi connectivity index (χ4v) is 4.00. The highest BCUT2D eigenvalue weighted by Gasteiger charge is 2.46. The first-order valence-electron chi connectivity index (χ1n) is 8.12. The fraction of sp³-hybridized carbons (Fsp3) is 0.600. The first-order valence-corrected chi connectivity index (χ1v) is 11.1. The van der Waals surface area contributed by atoms with Crippen molar-refractivity contribution >= 4 is 25.7 Å². The summed E-state index contributed by atoms with van der Waals surface area (Å²) in [4.78, 5) is 1.91. The van der Waals surface area contributed by atoms with Crippen molar-refractivity contribution in [2.75, 3.05) is 17.8 Å². The van der Waals surface area contributed by atoms with Crippen LogP contribution >= 0.6 is 0 Å². The fourth-order valence-electron chi connectivity index (χ4n) is 2.42. The number of sulfonamides is 2. The van der Waals surface area contributed by atoms with Gasteiger partial charge in [0.05, 0.1) is 4.90 Å². The number of rotatable bonds is 9. The summed E-state index contributed by atoms with van der Waals surface area (Å²) in [6.07, 6.45) is 0. The summed E-state index contributed by atoms with van der Waals surface area (Å²) < 4.78 is 87.4. The van der Waals surface area contributed by atoms with Gasteiger partial charge in [-0.15, -0.1) is 0 Å². The molecular weight excluding hydrogens is 407 g/mol. The molecule has 0 aliphatic rings. The van der Waals surface area contributed by atoms with Crippen LogP contribution < -0.4 is 9.44 Å². The van der Waals surface area contributed by atoms with Crippen LogP contribution in [0.3, 0.4) is 0 Å². The molecule has 0 bridgehead atoms. The Labute approximate surface area is 158 Å². The predicted molar refractivity (Wildman–Crippen MR) is 97.2 cm³/mol. The van der Waals surface area contributed by atoms with Crippen LogP contribution in [0.4, 0.5) is 18.9 Å². The first kappa shape index (κ1) is 23.7. The number of nitrogens with zero attached hydrogens (tertiary/aromatic N) is 1. The third kappa shape index (κ3) is 6.63. The SMILES string of the molecule is CC(C)N(CCNS(=O)(=O)c1ccc(NS(=O)(=O)C(F)(F)F)cc1)C(C)C. The van der Waals surface area contributed by atoms with Gasteiger partial charge in [-0.1, -0.05) is 0 Å². The first-order chi connectivity index (χ1) is 12.2. The average Bonchev–Trinajstić information content (AvgIpc) is 2.49. The van der Waals surface area contributed by atoms with Crippen molar-refractivity contribution in [3.05, 3.63) is 24.3 Å². The summed E-state index contributed by atoms with van der Waals surface area (Å²) in [5, 5.41) is 0. The normalized spacial score (nSPS) is 13.6. The van der Waals surface area contributed by atoms with Gasteiger partial charge < -0.3 is 0 Å². The molecule has 156 valence electrons. The Morgan fingerprint density at radius 2 is 1.44 bits per heavy atom. The van der Waals surface area contributed by atoms with E-state index in [1.54, 1.807) is 0 Å². The highest BCUT2D eigenvalue weighted by atomic mass is 32.2. The van der Waals surface area contributed by atoms with Crippen LogP contribution in [0.2, 0.25) is 0 Å². The maximum absolute atomic E-state index is 12.3. The smallest absolute Gasteiger partial charge is 0.297 e. The van der Waals surface area contributed by atoms with Gasteiger partial charge in [0.25, 0.3) is 0 Å². The number of hydrogen-bond donors (Lipinski definition) is 2. The molecule has 27 heavy (non-hydrogen) atoms. The van der Waals surface area contributed by atoms with Gasteiger partial charge in [-0.25, -0.2) is 13.1 Å². The standard InChI is InChI=1S/C15H24F3N3O4S2/c1-11(2)21(12(3)4)10-9-19-26(22,23)14-7-5-13(6-8-14)20-27(24,25)15(16,17)18/h5-8,11-12,19-20H,9-10H2,1-4H3. The molecule has 0 spiro atoms. The molecule has 0 heterocycles. The molecule has 0 aliphatic carbocycles. The monoisotopic (exact) mass is 431 g/mol. The molecule has 1 aromatic rings. The molecule has 12 heteroatoms. The highest BCUT2D eigenvalue weighted by Crippen LogP contribution is 2.25. The van der Waals surface area contributed by atoms with Gasteiger partial charge in [0, 0.05) is 30.9 Å². The number of benzene rings is 1. The van der Waals surface area contributed by atoms with E-state index in [1.165, 1.54) is 4.72 Å². The van der Waals surface area contributed by atoms with E-state index in [0.717, 1.165) is 24.3 Å². The average molecular weight is 432 g/mol. The largest absolute Gasteiger partial charge is 0.516 e. The predicted octanol–water partition coefficient (Wildman–Crippen LogP) is 2.35.